The number of benzene rings is 2. The predicted molar refractivity (Wildman–Crippen MR) is 171 cm³/mol. The van der Waals surface area contributed by atoms with Crippen molar-refractivity contribution in [3.63, 3.8) is 0 Å². The van der Waals surface area contributed by atoms with Crippen molar-refractivity contribution >= 4 is 51.1 Å². The van der Waals surface area contributed by atoms with Crippen molar-refractivity contribution in [3.8, 4) is 11.1 Å². The molecule has 0 bridgehead atoms. The minimum Gasteiger partial charge on any atom is -0.383 e. The van der Waals surface area contributed by atoms with Crippen molar-refractivity contribution in [3.05, 3.63) is 59.5 Å². The number of halogens is 1. The molecule has 9 nitrogen and oxygen atoms in total. The fourth-order valence-corrected chi connectivity index (χ4v) is 7.00. The zero-order valence-corrected chi connectivity index (χ0v) is 25.3. The molecule has 2 fully saturated rings. The molecule has 0 atom stereocenters. The second kappa shape index (κ2) is 10.9. The van der Waals surface area contributed by atoms with Gasteiger partial charge < -0.3 is 25.1 Å². The van der Waals surface area contributed by atoms with Crippen molar-refractivity contribution < 1.29 is 0 Å². The Bertz CT molecular complexity index is 1740. The summed E-state index contributed by atoms with van der Waals surface area (Å²) in [6.45, 7) is 6.70. The predicted octanol–water partition coefficient (Wildman–Crippen LogP) is 6.00. The maximum Gasteiger partial charge on any atom is 0.208 e. The maximum absolute atomic E-state index is 6.54. The molecule has 4 heterocycles. The van der Waals surface area contributed by atoms with E-state index in [1.807, 2.05) is 24.6 Å². The molecule has 0 amide bonds. The molecule has 1 saturated heterocycles. The molecule has 3 aromatic heterocycles. The van der Waals surface area contributed by atoms with Gasteiger partial charge in [-0.1, -0.05) is 29.8 Å². The van der Waals surface area contributed by atoms with E-state index in [0.717, 1.165) is 63.2 Å². The number of hydrogen-bond acceptors (Lipinski definition) is 7. The summed E-state index contributed by atoms with van der Waals surface area (Å²) < 4.78 is 4.39. The normalized spacial score (nSPS) is 20.5. The Balaban J connectivity index is 1.13. The number of nitrogens with zero attached hydrogens (tertiary/aromatic N) is 7. The summed E-state index contributed by atoms with van der Waals surface area (Å²) in [5.74, 6) is 1.26. The topological polar surface area (TPSA) is 93.1 Å². The molecule has 218 valence electrons. The average molecular weight is 584 g/mol. The second-order valence-corrected chi connectivity index (χ2v) is 12.3. The van der Waals surface area contributed by atoms with E-state index in [4.69, 9.17) is 27.3 Å². The van der Waals surface area contributed by atoms with Gasteiger partial charge >= 0.3 is 0 Å². The van der Waals surface area contributed by atoms with Gasteiger partial charge in [0.2, 0.25) is 5.95 Å². The van der Waals surface area contributed by atoms with E-state index < -0.39 is 0 Å². The summed E-state index contributed by atoms with van der Waals surface area (Å²) >= 11 is 6.54. The quantitative estimate of drug-likeness (QED) is 0.262. The summed E-state index contributed by atoms with van der Waals surface area (Å²) in [7, 11) is 4.22. The third-order valence-corrected chi connectivity index (χ3v) is 9.87. The third kappa shape index (κ3) is 4.79. The van der Waals surface area contributed by atoms with Gasteiger partial charge in [0, 0.05) is 62.8 Å². The molecule has 1 aliphatic carbocycles. The van der Waals surface area contributed by atoms with E-state index in [-0.39, 0.29) is 0 Å². The zero-order chi connectivity index (χ0) is 29.0. The van der Waals surface area contributed by atoms with Crippen LogP contribution in [0, 0.1) is 6.92 Å². The number of rotatable bonds is 5. The number of nitrogens with one attached hydrogen (secondary N) is 1. The highest BCUT2D eigenvalue weighted by Gasteiger charge is 2.30. The Morgan fingerprint density at radius 3 is 2.36 bits per heavy atom. The van der Waals surface area contributed by atoms with Crippen LogP contribution in [0.1, 0.15) is 37.3 Å². The van der Waals surface area contributed by atoms with Crippen molar-refractivity contribution in [2.45, 2.75) is 44.7 Å². The molecular formula is C32H38ClN9. The lowest BCUT2D eigenvalue weighted by molar-refractivity contribution is 0.0828. The lowest BCUT2D eigenvalue weighted by atomic mass is 9.89. The van der Waals surface area contributed by atoms with E-state index in [2.05, 4.69) is 68.2 Å². The van der Waals surface area contributed by atoms with Gasteiger partial charge in [0.05, 0.1) is 15.9 Å². The molecular weight excluding hydrogens is 546 g/mol. The van der Waals surface area contributed by atoms with E-state index in [0.29, 0.717) is 22.9 Å². The van der Waals surface area contributed by atoms with Gasteiger partial charge in [0.25, 0.3) is 0 Å². The number of piperazine rings is 1. The summed E-state index contributed by atoms with van der Waals surface area (Å²) in [6.07, 6.45) is 8.57. The zero-order valence-electron chi connectivity index (χ0n) is 24.5. The van der Waals surface area contributed by atoms with Gasteiger partial charge in [-0.2, -0.15) is 0 Å². The third-order valence-electron chi connectivity index (χ3n) is 9.39. The Labute approximate surface area is 251 Å². The highest BCUT2D eigenvalue weighted by Crippen LogP contribution is 2.39. The van der Waals surface area contributed by atoms with E-state index >= 15 is 0 Å². The number of likely N-dealkylation sites (N-methyl/N-ethyl adjacent to an activating group) is 1. The van der Waals surface area contributed by atoms with Crippen LogP contribution in [0.4, 0.5) is 17.5 Å². The molecule has 1 saturated carbocycles. The highest BCUT2D eigenvalue weighted by molar-refractivity contribution is 6.35. The molecule has 0 radical (unpaired) electrons. The second-order valence-electron chi connectivity index (χ2n) is 12.0. The van der Waals surface area contributed by atoms with Gasteiger partial charge in [-0.3, -0.25) is 4.90 Å². The Kier molecular flexibility index (Phi) is 7.04. The molecule has 42 heavy (non-hydrogen) atoms. The van der Waals surface area contributed by atoms with Crippen LogP contribution in [0.3, 0.4) is 0 Å². The molecule has 10 heteroatoms. The molecule has 7 rings (SSSR count). The fourth-order valence-electron chi connectivity index (χ4n) is 6.80. The summed E-state index contributed by atoms with van der Waals surface area (Å²) in [5, 5.41) is 5.08. The summed E-state index contributed by atoms with van der Waals surface area (Å²) in [4.78, 5) is 19.0. The number of nitrogens with two attached hydrogens (primary N) is 1. The molecule has 0 spiro atoms. The van der Waals surface area contributed by atoms with Crippen LogP contribution >= 0.6 is 11.6 Å². The monoisotopic (exact) mass is 583 g/mol. The standard InChI is InChI=1S/C32H38ClN9/c1-20-4-13-26-29(28(20)33)38-32(40(26)3)37-22-7-5-21(6-8-22)25-18-42(31-27(25)30(34)35-19-36-31)24-11-9-23(10-12-24)41-16-14-39(2)15-17-41/h4-8,13,18-19,23-24H,9-12,14-17H2,1-3H3,(H,37,38)(H2,34,35,36)/t23-,24+. The number of imidazole rings is 1. The molecule has 0 unspecified atom stereocenters. The van der Waals surface area contributed by atoms with Gasteiger partial charge in [0.15, 0.2) is 0 Å². The number of hydrogen-bond donors (Lipinski definition) is 2. The Hall–Kier alpha value is -3.66. The van der Waals surface area contributed by atoms with Crippen LogP contribution in [0.15, 0.2) is 48.9 Å². The summed E-state index contributed by atoms with van der Waals surface area (Å²) in [5.41, 5.74) is 13.3. The number of aryl methyl sites for hydroxylation is 2. The fraction of sp³-hybridized carbons (Fsp3) is 0.406. The van der Waals surface area contributed by atoms with Crippen LogP contribution in [0.5, 0.6) is 0 Å². The van der Waals surface area contributed by atoms with Crippen LogP contribution in [-0.2, 0) is 7.05 Å². The van der Waals surface area contributed by atoms with Crippen LogP contribution in [0.2, 0.25) is 5.02 Å². The lowest BCUT2D eigenvalue weighted by Crippen LogP contribution is -2.49. The SMILES string of the molecule is Cc1ccc2c(nc(Nc3ccc(-c4cn([C@H]5CC[C@@H](N6CCN(C)CC6)CC5)c5ncnc(N)c45)cc3)n2C)c1Cl. The van der Waals surface area contributed by atoms with Crippen molar-refractivity contribution in [2.75, 3.05) is 44.3 Å². The van der Waals surface area contributed by atoms with Crippen LogP contribution in [0.25, 0.3) is 33.2 Å². The summed E-state index contributed by atoms with van der Waals surface area (Å²) in [6, 6.07) is 13.6. The minimum absolute atomic E-state index is 0.410. The van der Waals surface area contributed by atoms with Gasteiger partial charge in [-0.05, 0) is 69.0 Å². The molecule has 3 N–H and O–H groups in total. The lowest BCUT2D eigenvalue weighted by Gasteiger charge is -2.41. The van der Waals surface area contributed by atoms with Gasteiger partial charge in [0.1, 0.15) is 23.3 Å². The first-order valence-corrected chi connectivity index (χ1v) is 15.3. The number of fused-ring (bicyclic) bond motifs is 2. The van der Waals surface area contributed by atoms with Crippen molar-refractivity contribution in [2.24, 2.45) is 7.05 Å². The first kappa shape index (κ1) is 27.2. The number of anilines is 3. The molecule has 2 aliphatic rings. The highest BCUT2D eigenvalue weighted by atomic mass is 35.5. The van der Waals surface area contributed by atoms with Crippen LogP contribution in [-0.4, -0.2) is 73.2 Å². The Morgan fingerprint density at radius 2 is 1.62 bits per heavy atom. The number of aromatic nitrogens is 5. The molecule has 2 aromatic carbocycles. The maximum atomic E-state index is 6.54. The van der Waals surface area contributed by atoms with E-state index in [1.165, 1.54) is 39.0 Å². The van der Waals surface area contributed by atoms with E-state index in [9.17, 15) is 0 Å². The van der Waals surface area contributed by atoms with E-state index in [1.54, 1.807) is 6.33 Å². The first-order valence-electron chi connectivity index (χ1n) is 14.9. The van der Waals surface area contributed by atoms with Crippen molar-refractivity contribution in [1.82, 2.24) is 33.9 Å². The smallest absolute Gasteiger partial charge is 0.208 e. The Morgan fingerprint density at radius 1 is 0.905 bits per heavy atom. The molecule has 1 aliphatic heterocycles. The minimum atomic E-state index is 0.410. The van der Waals surface area contributed by atoms with Crippen molar-refractivity contribution in [1.29, 1.82) is 0 Å². The average Bonchev–Trinajstić information content (AvgIpc) is 3.55. The van der Waals surface area contributed by atoms with Crippen LogP contribution < -0.4 is 11.1 Å². The number of nitrogen functional groups attached to an aromatic ring is 1. The van der Waals surface area contributed by atoms with Gasteiger partial charge in [-0.15, -0.1) is 0 Å². The first-order chi connectivity index (χ1) is 20.4. The molecule has 5 aromatic rings. The van der Waals surface area contributed by atoms with Gasteiger partial charge in [-0.25, -0.2) is 15.0 Å². The largest absolute Gasteiger partial charge is 0.383 e.